The van der Waals surface area contributed by atoms with Crippen molar-refractivity contribution in [3.63, 3.8) is 0 Å². The number of carboxylic acid groups (broad SMARTS) is 1. The van der Waals surface area contributed by atoms with Crippen LogP contribution in [0.15, 0.2) is 35.8 Å². The van der Waals surface area contributed by atoms with Crippen molar-refractivity contribution in [2.45, 2.75) is 6.92 Å². The van der Waals surface area contributed by atoms with E-state index in [1.165, 1.54) is 11.3 Å². The number of primary amides is 1. The summed E-state index contributed by atoms with van der Waals surface area (Å²) in [5.74, 6) is -1.28. The van der Waals surface area contributed by atoms with E-state index < -0.39 is 11.9 Å². The van der Waals surface area contributed by atoms with Gasteiger partial charge in [-0.05, 0) is 12.1 Å². The second-order valence-corrected chi connectivity index (χ2v) is 4.29. The first-order valence-corrected chi connectivity index (χ1v) is 6.13. The zero-order valence-corrected chi connectivity index (χ0v) is 11.0. The van der Waals surface area contributed by atoms with Gasteiger partial charge < -0.3 is 16.2 Å². The van der Waals surface area contributed by atoms with Crippen LogP contribution in [0.3, 0.4) is 0 Å². The first-order chi connectivity index (χ1) is 9.00. The number of hydrogen-bond acceptors (Lipinski definition) is 5. The molecule has 100 valence electrons. The Hall–Kier alpha value is -2.41. The second kappa shape index (κ2) is 7.12. The molecule has 1 amide bonds. The molecule has 0 radical (unpaired) electrons. The number of thiazole rings is 1. The number of benzene rings is 1. The molecule has 1 aromatic carbocycles. The summed E-state index contributed by atoms with van der Waals surface area (Å²) < 4.78 is 0. The quantitative estimate of drug-likeness (QED) is 0.797. The number of nitrogens with two attached hydrogens (primary N) is 1. The van der Waals surface area contributed by atoms with E-state index in [0.29, 0.717) is 11.3 Å². The third-order valence-corrected chi connectivity index (χ3v) is 2.55. The number of amides is 1. The van der Waals surface area contributed by atoms with Gasteiger partial charge in [-0.1, -0.05) is 12.1 Å². The van der Waals surface area contributed by atoms with Gasteiger partial charge in [0.1, 0.15) is 0 Å². The standard InChI is InChI=1S/C10H9N3OS.C2H4O2/c11-9(14)7-3-1-2-4-8(7)13-10-12-5-6-15-10;1-2(3)4/h1-6H,(H2,11,14)(H,12,13);1H3,(H,3,4). The Morgan fingerprint density at radius 2 is 2.00 bits per heavy atom. The maximum absolute atomic E-state index is 11.1. The van der Waals surface area contributed by atoms with Crippen molar-refractivity contribution in [3.05, 3.63) is 41.4 Å². The van der Waals surface area contributed by atoms with Crippen LogP contribution in [0.1, 0.15) is 17.3 Å². The largest absolute Gasteiger partial charge is 0.481 e. The molecule has 0 unspecified atom stereocenters. The van der Waals surface area contributed by atoms with Crippen LogP contribution < -0.4 is 11.1 Å². The van der Waals surface area contributed by atoms with Crippen molar-refractivity contribution in [2.24, 2.45) is 5.73 Å². The fourth-order valence-electron chi connectivity index (χ4n) is 1.21. The number of hydrogen-bond donors (Lipinski definition) is 3. The van der Waals surface area contributed by atoms with E-state index in [1.54, 1.807) is 24.4 Å². The molecular formula is C12H13N3O3S. The molecule has 0 atom stereocenters. The van der Waals surface area contributed by atoms with Crippen LogP contribution >= 0.6 is 11.3 Å². The molecule has 0 spiro atoms. The number of para-hydroxylation sites is 1. The highest BCUT2D eigenvalue weighted by Crippen LogP contribution is 2.21. The fraction of sp³-hybridized carbons (Fsp3) is 0.0833. The van der Waals surface area contributed by atoms with Gasteiger partial charge in [-0.2, -0.15) is 0 Å². The fourth-order valence-corrected chi connectivity index (χ4v) is 1.75. The Labute approximate surface area is 113 Å². The van der Waals surface area contributed by atoms with Crippen LogP contribution in [0, 0.1) is 0 Å². The number of nitrogens with zero attached hydrogens (tertiary/aromatic N) is 1. The van der Waals surface area contributed by atoms with Crippen LogP contribution in [-0.2, 0) is 4.79 Å². The van der Waals surface area contributed by atoms with Crippen molar-refractivity contribution in [1.29, 1.82) is 0 Å². The van der Waals surface area contributed by atoms with Crippen molar-refractivity contribution >= 4 is 34.0 Å². The smallest absolute Gasteiger partial charge is 0.300 e. The molecule has 0 aliphatic rings. The summed E-state index contributed by atoms with van der Waals surface area (Å²) in [5.41, 5.74) is 6.39. The van der Waals surface area contributed by atoms with E-state index in [-0.39, 0.29) is 0 Å². The van der Waals surface area contributed by atoms with Crippen molar-refractivity contribution in [2.75, 3.05) is 5.32 Å². The Bertz CT molecular complexity index is 551. The monoisotopic (exact) mass is 279 g/mol. The van der Waals surface area contributed by atoms with E-state index in [9.17, 15) is 4.79 Å². The number of aliphatic carboxylic acids is 1. The number of nitrogens with one attached hydrogen (secondary N) is 1. The summed E-state index contributed by atoms with van der Waals surface area (Å²) in [6, 6.07) is 7.08. The van der Waals surface area contributed by atoms with Gasteiger partial charge in [0.15, 0.2) is 5.13 Å². The summed E-state index contributed by atoms with van der Waals surface area (Å²) in [5, 5.41) is 13.1. The predicted octanol–water partition coefficient (Wildman–Crippen LogP) is 2.08. The third kappa shape index (κ3) is 5.17. The van der Waals surface area contributed by atoms with Gasteiger partial charge >= 0.3 is 0 Å². The second-order valence-electron chi connectivity index (χ2n) is 3.39. The first-order valence-electron chi connectivity index (χ1n) is 5.25. The molecular weight excluding hydrogens is 266 g/mol. The van der Waals surface area contributed by atoms with E-state index in [4.69, 9.17) is 15.6 Å². The zero-order chi connectivity index (χ0) is 14.3. The summed E-state index contributed by atoms with van der Waals surface area (Å²) in [4.78, 5) is 24.2. The normalized spacial score (nSPS) is 9.11. The van der Waals surface area contributed by atoms with E-state index in [1.807, 2.05) is 11.4 Å². The van der Waals surface area contributed by atoms with Crippen LogP contribution in [0.4, 0.5) is 10.8 Å². The molecule has 0 saturated heterocycles. The molecule has 0 bridgehead atoms. The Morgan fingerprint density at radius 3 is 2.53 bits per heavy atom. The average Bonchev–Trinajstić information content (AvgIpc) is 2.81. The minimum Gasteiger partial charge on any atom is -0.481 e. The number of carbonyl (C=O) groups is 2. The molecule has 4 N–H and O–H groups in total. The lowest BCUT2D eigenvalue weighted by molar-refractivity contribution is -0.134. The van der Waals surface area contributed by atoms with Gasteiger partial charge in [-0.3, -0.25) is 9.59 Å². The first kappa shape index (κ1) is 14.7. The number of aromatic nitrogens is 1. The molecule has 0 aliphatic heterocycles. The maximum Gasteiger partial charge on any atom is 0.300 e. The van der Waals surface area contributed by atoms with Gasteiger partial charge in [0.2, 0.25) is 0 Å². The summed E-state index contributed by atoms with van der Waals surface area (Å²) in [6.45, 7) is 1.08. The third-order valence-electron chi connectivity index (χ3n) is 1.87. The highest BCUT2D eigenvalue weighted by atomic mass is 32.1. The SMILES string of the molecule is CC(=O)O.NC(=O)c1ccccc1Nc1nccs1. The van der Waals surface area contributed by atoms with Crippen LogP contribution in [0.5, 0.6) is 0 Å². The molecule has 0 aliphatic carbocycles. The number of anilines is 2. The molecule has 1 aromatic heterocycles. The molecule has 0 fully saturated rings. The molecule has 2 rings (SSSR count). The van der Waals surface area contributed by atoms with Gasteiger partial charge in [0, 0.05) is 18.5 Å². The Kier molecular flexibility index (Phi) is 5.49. The summed E-state index contributed by atoms with van der Waals surface area (Å²) in [7, 11) is 0. The molecule has 6 nitrogen and oxygen atoms in total. The molecule has 1 heterocycles. The van der Waals surface area contributed by atoms with Gasteiger partial charge in [-0.25, -0.2) is 4.98 Å². The summed E-state index contributed by atoms with van der Waals surface area (Å²) in [6.07, 6.45) is 1.69. The van der Waals surface area contributed by atoms with E-state index >= 15 is 0 Å². The number of carboxylic acids is 1. The van der Waals surface area contributed by atoms with E-state index in [2.05, 4.69) is 10.3 Å². The number of carbonyl (C=O) groups excluding carboxylic acids is 1. The molecule has 0 saturated carbocycles. The maximum atomic E-state index is 11.1. The van der Waals surface area contributed by atoms with Crippen LogP contribution in [0.2, 0.25) is 0 Å². The lowest BCUT2D eigenvalue weighted by atomic mass is 10.2. The van der Waals surface area contributed by atoms with Crippen LogP contribution in [-0.4, -0.2) is 22.0 Å². The summed E-state index contributed by atoms with van der Waals surface area (Å²) >= 11 is 1.46. The minimum absolute atomic E-state index is 0.449. The lowest BCUT2D eigenvalue weighted by Crippen LogP contribution is -2.12. The highest BCUT2D eigenvalue weighted by Gasteiger charge is 2.07. The van der Waals surface area contributed by atoms with Gasteiger partial charge in [0.25, 0.3) is 11.9 Å². The van der Waals surface area contributed by atoms with Crippen molar-refractivity contribution in [1.82, 2.24) is 4.98 Å². The van der Waals surface area contributed by atoms with Gasteiger partial charge in [0.05, 0.1) is 11.3 Å². The zero-order valence-electron chi connectivity index (χ0n) is 10.2. The van der Waals surface area contributed by atoms with Crippen molar-refractivity contribution in [3.8, 4) is 0 Å². The predicted molar refractivity (Wildman–Crippen MR) is 73.7 cm³/mol. The van der Waals surface area contributed by atoms with Crippen molar-refractivity contribution < 1.29 is 14.7 Å². The number of rotatable bonds is 3. The Morgan fingerprint density at radius 1 is 1.37 bits per heavy atom. The average molecular weight is 279 g/mol. The topological polar surface area (TPSA) is 105 Å². The lowest BCUT2D eigenvalue weighted by Gasteiger charge is -2.06. The molecule has 7 heteroatoms. The molecule has 2 aromatic rings. The van der Waals surface area contributed by atoms with E-state index in [0.717, 1.165) is 12.1 Å². The highest BCUT2D eigenvalue weighted by molar-refractivity contribution is 7.13. The molecule has 19 heavy (non-hydrogen) atoms. The minimum atomic E-state index is -0.833. The van der Waals surface area contributed by atoms with Crippen LogP contribution in [0.25, 0.3) is 0 Å². The Balaban J connectivity index is 0.000000399. The van der Waals surface area contributed by atoms with Gasteiger partial charge in [-0.15, -0.1) is 11.3 Å².